The Morgan fingerprint density at radius 1 is 0.963 bits per heavy atom. The average molecular weight is 360 g/mol. The summed E-state index contributed by atoms with van der Waals surface area (Å²) in [6.45, 7) is 2.30. The highest BCUT2D eigenvalue weighted by Crippen LogP contribution is 2.33. The van der Waals surface area contributed by atoms with E-state index in [0.717, 1.165) is 22.8 Å². The molecule has 0 spiro atoms. The third-order valence-corrected chi connectivity index (χ3v) is 4.77. The second-order valence-corrected chi connectivity index (χ2v) is 6.52. The Hall–Kier alpha value is -3.41. The first-order valence-corrected chi connectivity index (χ1v) is 8.56. The van der Waals surface area contributed by atoms with Gasteiger partial charge in [-0.2, -0.15) is 0 Å². The molecule has 3 heterocycles. The molecular formula is C21H14F2N4. The summed E-state index contributed by atoms with van der Waals surface area (Å²) in [6.07, 6.45) is 5.36. The van der Waals surface area contributed by atoms with Crippen LogP contribution in [0.3, 0.4) is 0 Å². The fourth-order valence-corrected chi connectivity index (χ4v) is 3.48. The van der Waals surface area contributed by atoms with Gasteiger partial charge in [-0.15, -0.1) is 0 Å². The van der Waals surface area contributed by atoms with E-state index < -0.39 is 0 Å². The highest BCUT2D eigenvalue weighted by molar-refractivity contribution is 5.82. The van der Waals surface area contributed by atoms with Crippen LogP contribution in [0.1, 0.15) is 22.8 Å². The van der Waals surface area contributed by atoms with Crippen LogP contribution < -0.4 is 0 Å². The Labute approximate surface area is 153 Å². The average Bonchev–Trinajstić information content (AvgIpc) is 3.20. The van der Waals surface area contributed by atoms with Crippen LogP contribution in [-0.2, 0) is 6.54 Å². The predicted octanol–water partition coefficient (Wildman–Crippen LogP) is 4.61. The molecule has 1 aliphatic rings. The first-order valence-electron chi connectivity index (χ1n) is 8.56. The minimum atomic E-state index is -0.368. The first-order chi connectivity index (χ1) is 13.1. The molecule has 0 fully saturated rings. The molecule has 0 aliphatic carbocycles. The number of para-hydroxylation sites is 1. The SMILES string of the molecule is Cc1nc(/C=C/c2cn3c(n2)-c2cccc(F)c2C3)nc2c(F)cccc12. The van der Waals surface area contributed by atoms with Crippen molar-refractivity contribution in [1.29, 1.82) is 0 Å². The molecular weight excluding hydrogens is 346 g/mol. The molecule has 0 saturated heterocycles. The van der Waals surface area contributed by atoms with Crippen LogP contribution in [0.25, 0.3) is 34.4 Å². The summed E-state index contributed by atoms with van der Waals surface area (Å²) in [7, 11) is 0. The summed E-state index contributed by atoms with van der Waals surface area (Å²) < 4.78 is 29.8. The lowest BCUT2D eigenvalue weighted by molar-refractivity contribution is 0.607. The monoisotopic (exact) mass is 360 g/mol. The lowest BCUT2D eigenvalue weighted by Crippen LogP contribution is -1.95. The second-order valence-electron chi connectivity index (χ2n) is 6.52. The number of benzene rings is 2. The van der Waals surface area contributed by atoms with Gasteiger partial charge in [0.1, 0.15) is 23.0 Å². The standard InChI is InChI=1S/C21H14F2N4/c1-12-14-4-2-7-18(23)20(14)26-19(24-12)9-8-13-10-27-11-16-15(21(27)25-13)5-3-6-17(16)22/h2-10H,11H2,1H3/b9-8+. The van der Waals surface area contributed by atoms with Crippen LogP contribution in [0.15, 0.2) is 42.6 Å². The number of rotatable bonds is 2. The molecule has 1 aliphatic heterocycles. The molecule has 0 radical (unpaired) electrons. The molecule has 4 nitrogen and oxygen atoms in total. The van der Waals surface area contributed by atoms with Crippen molar-refractivity contribution in [1.82, 2.24) is 19.5 Å². The molecule has 0 unspecified atom stereocenters. The van der Waals surface area contributed by atoms with Gasteiger partial charge in [0.2, 0.25) is 0 Å². The van der Waals surface area contributed by atoms with Gasteiger partial charge in [0, 0.05) is 28.4 Å². The number of aromatic nitrogens is 4. The third-order valence-electron chi connectivity index (χ3n) is 4.77. The van der Waals surface area contributed by atoms with Crippen molar-refractivity contribution in [2.75, 3.05) is 0 Å². The molecule has 0 atom stereocenters. The van der Waals surface area contributed by atoms with Gasteiger partial charge in [-0.3, -0.25) is 0 Å². The third kappa shape index (κ3) is 2.52. The van der Waals surface area contributed by atoms with Gasteiger partial charge < -0.3 is 4.57 Å². The van der Waals surface area contributed by atoms with E-state index in [4.69, 9.17) is 0 Å². The minimum Gasteiger partial charge on any atom is -0.326 e. The lowest BCUT2D eigenvalue weighted by Gasteiger charge is -2.03. The normalized spacial score (nSPS) is 12.7. The fourth-order valence-electron chi connectivity index (χ4n) is 3.48. The van der Waals surface area contributed by atoms with Crippen molar-refractivity contribution in [2.45, 2.75) is 13.5 Å². The molecule has 132 valence electrons. The Kier molecular flexibility index (Phi) is 3.40. The lowest BCUT2D eigenvalue weighted by atomic mass is 10.1. The number of fused-ring (bicyclic) bond motifs is 4. The van der Waals surface area contributed by atoms with Crippen molar-refractivity contribution >= 4 is 23.1 Å². The molecule has 27 heavy (non-hydrogen) atoms. The maximum atomic E-state index is 14.0. The van der Waals surface area contributed by atoms with Crippen LogP contribution in [0.5, 0.6) is 0 Å². The number of nitrogens with zero attached hydrogens (tertiary/aromatic N) is 4. The molecule has 0 bridgehead atoms. The maximum absolute atomic E-state index is 14.0. The number of halogens is 2. The van der Waals surface area contributed by atoms with Gasteiger partial charge in [-0.1, -0.05) is 24.3 Å². The van der Waals surface area contributed by atoms with Crippen molar-refractivity contribution < 1.29 is 8.78 Å². The highest BCUT2D eigenvalue weighted by Gasteiger charge is 2.22. The van der Waals surface area contributed by atoms with Crippen molar-refractivity contribution in [3.8, 4) is 11.4 Å². The van der Waals surface area contributed by atoms with Crippen LogP contribution in [0.2, 0.25) is 0 Å². The molecule has 4 aromatic rings. The van der Waals surface area contributed by atoms with Gasteiger partial charge >= 0.3 is 0 Å². The Balaban J connectivity index is 1.51. The van der Waals surface area contributed by atoms with E-state index in [1.165, 1.54) is 12.1 Å². The highest BCUT2D eigenvalue weighted by atomic mass is 19.1. The zero-order valence-corrected chi connectivity index (χ0v) is 14.4. The van der Waals surface area contributed by atoms with E-state index in [9.17, 15) is 8.78 Å². The van der Waals surface area contributed by atoms with Crippen LogP contribution in [0, 0.1) is 18.6 Å². The smallest absolute Gasteiger partial charge is 0.153 e. The summed E-state index contributed by atoms with van der Waals surface area (Å²) in [5, 5.41) is 0.701. The number of aryl methyl sites for hydroxylation is 1. The number of imidazole rings is 1. The number of hydrogen-bond acceptors (Lipinski definition) is 3. The van der Waals surface area contributed by atoms with E-state index >= 15 is 0 Å². The zero-order chi connectivity index (χ0) is 18.5. The largest absolute Gasteiger partial charge is 0.326 e. The summed E-state index contributed by atoms with van der Waals surface area (Å²) in [5.74, 6) is 0.583. The molecule has 0 N–H and O–H groups in total. The molecule has 0 amide bonds. The Morgan fingerprint density at radius 2 is 1.78 bits per heavy atom. The quantitative estimate of drug-likeness (QED) is 0.462. The fraction of sp³-hybridized carbons (Fsp3) is 0.0952. The summed E-state index contributed by atoms with van der Waals surface area (Å²) in [5.41, 5.74) is 3.22. The molecule has 2 aromatic carbocycles. The van der Waals surface area contributed by atoms with E-state index in [0.29, 0.717) is 28.8 Å². The topological polar surface area (TPSA) is 43.6 Å². The van der Waals surface area contributed by atoms with Crippen LogP contribution >= 0.6 is 0 Å². The van der Waals surface area contributed by atoms with E-state index in [-0.39, 0.29) is 11.6 Å². The van der Waals surface area contributed by atoms with Gasteiger partial charge in [0.15, 0.2) is 5.82 Å². The van der Waals surface area contributed by atoms with Crippen molar-refractivity contribution in [2.24, 2.45) is 0 Å². The first kappa shape index (κ1) is 15.8. The van der Waals surface area contributed by atoms with Crippen molar-refractivity contribution in [3.05, 3.63) is 77.0 Å². The van der Waals surface area contributed by atoms with Gasteiger partial charge in [0.05, 0.1) is 12.2 Å². The van der Waals surface area contributed by atoms with Crippen molar-refractivity contribution in [3.63, 3.8) is 0 Å². The van der Waals surface area contributed by atoms with E-state index in [1.54, 1.807) is 30.4 Å². The van der Waals surface area contributed by atoms with Gasteiger partial charge in [-0.25, -0.2) is 23.7 Å². The maximum Gasteiger partial charge on any atom is 0.153 e. The van der Waals surface area contributed by atoms with Crippen LogP contribution in [0.4, 0.5) is 8.78 Å². The van der Waals surface area contributed by atoms with E-state index in [2.05, 4.69) is 15.0 Å². The summed E-state index contributed by atoms with van der Waals surface area (Å²) in [6, 6.07) is 9.86. The second kappa shape index (κ2) is 5.81. The summed E-state index contributed by atoms with van der Waals surface area (Å²) >= 11 is 0. The molecule has 6 heteroatoms. The summed E-state index contributed by atoms with van der Waals surface area (Å²) in [4.78, 5) is 13.3. The van der Waals surface area contributed by atoms with Crippen LogP contribution in [-0.4, -0.2) is 19.5 Å². The van der Waals surface area contributed by atoms with Gasteiger partial charge in [-0.05, 0) is 31.2 Å². The minimum absolute atomic E-state index is 0.211. The molecule has 5 rings (SSSR count). The van der Waals surface area contributed by atoms with E-state index in [1.807, 2.05) is 23.8 Å². The molecule has 2 aromatic heterocycles. The Morgan fingerprint density at radius 3 is 2.67 bits per heavy atom. The van der Waals surface area contributed by atoms with Gasteiger partial charge in [0.25, 0.3) is 0 Å². The zero-order valence-electron chi connectivity index (χ0n) is 14.4. The predicted molar refractivity (Wildman–Crippen MR) is 99.9 cm³/mol. The Bertz CT molecular complexity index is 1240. The molecule has 0 saturated carbocycles. The number of hydrogen-bond donors (Lipinski definition) is 0.